The predicted molar refractivity (Wildman–Crippen MR) is 72.5 cm³/mol. The number of nitrogens with one attached hydrogen (secondary N) is 1. The minimum Gasteiger partial charge on any atom is -0.493 e. The molecule has 0 aliphatic heterocycles. The lowest BCUT2D eigenvalue weighted by Gasteiger charge is -2.13. The Hall–Kier alpha value is -1.89. The molecule has 0 radical (unpaired) electrons. The fourth-order valence-corrected chi connectivity index (χ4v) is 1.92. The van der Waals surface area contributed by atoms with E-state index < -0.39 is 12.2 Å². The summed E-state index contributed by atoms with van der Waals surface area (Å²) < 4.78 is 34.0. The van der Waals surface area contributed by atoms with Gasteiger partial charge in [-0.1, -0.05) is 6.07 Å². The van der Waals surface area contributed by atoms with Crippen LogP contribution in [0.25, 0.3) is 0 Å². The third kappa shape index (κ3) is 4.04. The third-order valence-electron chi connectivity index (χ3n) is 3.38. The van der Waals surface area contributed by atoms with Crippen molar-refractivity contribution in [2.75, 3.05) is 13.7 Å². The molecule has 5 nitrogen and oxygen atoms in total. The van der Waals surface area contributed by atoms with Gasteiger partial charge in [-0.05, 0) is 37.0 Å². The molecular formula is C14H18F2N2O3. The highest BCUT2D eigenvalue weighted by Gasteiger charge is 2.45. The lowest BCUT2D eigenvalue weighted by molar-refractivity contribution is -0.123. The summed E-state index contributed by atoms with van der Waals surface area (Å²) in [6.07, 6.45) is 1.90. The number of hydrogen-bond acceptors (Lipinski definition) is 4. The molecule has 3 N–H and O–H groups in total. The van der Waals surface area contributed by atoms with Crippen LogP contribution in [0.15, 0.2) is 18.2 Å². The molecule has 21 heavy (non-hydrogen) atoms. The average Bonchev–Trinajstić information content (AvgIpc) is 3.18. The van der Waals surface area contributed by atoms with E-state index in [1.807, 2.05) is 0 Å². The summed E-state index contributed by atoms with van der Waals surface area (Å²) in [7, 11) is 1.38. The Morgan fingerprint density at radius 2 is 2.14 bits per heavy atom. The summed E-state index contributed by atoms with van der Waals surface area (Å²) in [5, 5.41) is 2.74. The first kappa shape index (κ1) is 15.5. The van der Waals surface area contributed by atoms with Crippen LogP contribution in [-0.2, 0) is 11.2 Å². The number of halogens is 2. The fraction of sp³-hybridized carbons (Fsp3) is 0.500. The second-order valence-corrected chi connectivity index (χ2v) is 5.03. The molecule has 1 amide bonds. The zero-order valence-corrected chi connectivity index (χ0v) is 11.7. The molecule has 7 heteroatoms. The molecule has 1 aromatic rings. The van der Waals surface area contributed by atoms with Crippen molar-refractivity contribution in [2.24, 2.45) is 5.73 Å². The minimum absolute atomic E-state index is 0.0196. The van der Waals surface area contributed by atoms with Gasteiger partial charge in [-0.3, -0.25) is 4.79 Å². The van der Waals surface area contributed by atoms with Crippen molar-refractivity contribution >= 4 is 5.91 Å². The molecule has 0 atom stereocenters. The van der Waals surface area contributed by atoms with Crippen LogP contribution in [0, 0.1) is 0 Å². The highest BCUT2D eigenvalue weighted by Crippen LogP contribution is 2.32. The number of amides is 1. The molecule has 0 aromatic heterocycles. The van der Waals surface area contributed by atoms with Gasteiger partial charge in [-0.25, -0.2) is 0 Å². The van der Waals surface area contributed by atoms with Gasteiger partial charge in [0.2, 0.25) is 5.91 Å². The maximum atomic E-state index is 12.3. The van der Waals surface area contributed by atoms with Crippen LogP contribution in [0.3, 0.4) is 0 Å². The number of hydrogen-bond donors (Lipinski definition) is 2. The zero-order chi connectivity index (χ0) is 15.5. The monoisotopic (exact) mass is 300 g/mol. The molecule has 1 fully saturated rings. The van der Waals surface area contributed by atoms with Crippen molar-refractivity contribution in [3.63, 3.8) is 0 Å². The Kier molecular flexibility index (Phi) is 4.62. The van der Waals surface area contributed by atoms with Gasteiger partial charge in [-0.15, -0.1) is 0 Å². The average molecular weight is 300 g/mol. The molecule has 0 saturated heterocycles. The van der Waals surface area contributed by atoms with Crippen LogP contribution in [0.2, 0.25) is 0 Å². The van der Waals surface area contributed by atoms with Gasteiger partial charge in [0.1, 0.15) is 0 Å². The van der Waals surface area contributed by atoms with E-state index in [2.05, 4.69) is 10.1 Å². The van der Waals surface area contributed by atoms with Crippen molar-refractivity contribution < 1.29 is 23.0 Å². The number of benzene rings is 1. The third-order valence-corrected chi connectivity index (χ3v) is 3.38. The number of rotatable bonds is 7. The van der Waals surface area contributed by atoms with E-state index in [0.29, 0.717) is 25.8 Å². The molecular weight excluding hydrogens is 282 g/mol. The molecule has 0 bridgehead atoms. The van der Waals surface area contributed by atoms with Gasteiger partial charge in [0.25, 0.3) is 0 Å². The zero-order valence-electron chi connectivity index (χ0n) is 11.7. The second-order valence-electron chi connectivity index (χ2n) is 5.03. The van der Waals surface area contributed by atoms with E-state index in [-0.39, 0.29) is 17.4 Å². The van der Waals surface area contributed by atoms with Crippen LogP contribution >= 0.6 is 0 Å². The van der Waals surface area contributed by atoms with E-state index in [1.54, 1.807) is 12.1 Å². The SMILES string of the molecule is COc1ccc(CCNC(=O)C2(N)CC2)cc1OC(F)F. The van der Waals surface area contributed by atoms with Crippen LogP contribution in [-0.4, -0.2) is 31.7 Å². The van der Waals surface area contributed by atoms with Crippen molar-refractivity contribution in [3.05, 3.63) is 23.8 Å². The Bertz CT molecular complexity index is 519. The number of methoxy groups -OCH3 is 1. The standard InChI is InChI=1S/C14H18F2N2O3/c1-20-10-3-2-9(8-11(10)21-13(15)16)4-7-18-12(19)14(17)5-6-14/h2-3,8,13H,4-7,17H2,1H3,(H,18,19). The van der Waals surface area contributed by atoms with Gasteiger partial charge in [-0.2, -0.15) is 8.78 Å². The predicted octanol–water partition coefficient (Wildman–Crippen LogP) is 1.45. The summed E-state index contributed by atoms with van der Waals surface area (Å²) in [5.74, 6) is 0.0517. The Balaban J connectivity index is 1.92. The van der Waals surface area contributed by atoms with E-state index in [9.17, 15) is 13.6 Å². The molecule has 0 heterocycles. The molecule has 1 aromatic carbocycles. The normalized spacial score (nSPS) is 15.7. The Morgan fingerprint density at radius 1 is 1.43 bits per heavy atom. The van der Waals surface area contributed by atoms with Gasteiger partial charge in [0.05, 0.1) is 12.6 Å². The second kappa shape index (κ2) is 6.26. The summed E-state index contributed by atoms with van der Waals surface area (Å²) >= 11 is 0. The van der Waals surface area contributed by atoms with Crippen LogP contribution in [0.4, 0.5) is 8.78 Å². The minimum atomic E-state index is -2.92. The topological polar surface area (TPSA) is 73.6 Å². The van der Waals surface area contributed by atoms with E-state index in [4.69, 9.17) is 10.5 Å². The molecule has 1 aliphatic carbocycles. The summed E-state index contributed by atoms with van der Waals surface area (Å²) in [6, 6.07) is 4.77. The van der Waals surface area contributed by atoms with E-state index in [1.165, 1.54) is 13.2 Å². The first-order valence-electron chi connectivity index (χ1n) is 6.63. The summed E-state index contributed by atoms with van der Waals surface area (Å²) in [5.41, 5.74) is 5.81. The van der Waals surface area contributed by atoms with Gasteiger partial charge in [0, 0.05) is 6.54 Å². The number of carbonyl (C=O) groups is 1. The van der Waals surface area contributed by atoms with Gasteiger partial charge in [0.15, 0.2) is 11.5 Å². The Labute approximate surface area is 121 Å². The van der Waals surface area contributed by atoms with Gasteiger partial charge < -0.3 is 20.5 Å². The molecule has 1 saturated carbocycles. The van der Waals surface area contributed by atoms with Crippen LogP contribution in [0.1, 0.15) is 18.4 Å². The smallest absolute Gasteiger partial charge is 0.387 e. The quantitative estimate of drug-likeness (QED) is 0.799. The number of nitrogens with two attached hydrogens (primary N) is 1. The highest BCUT2D eigenvalue weighted by atomic mass is 19.3. The van der Waals surface area contributed by atoms with Crippen molar-refractivity contribution in [3.8, 4) is 11.5 Å². The first-order valence-corrected chi connectivity index (χ1v) is 6.63. The summed E-state index contributed by atoms with van der Waals surface area (Å²) in [4.78, 5) is 11.7. The molecule has 2 rings (SSSR count). The van der Waals surface area contributed by atoms with Gasteiger partial charge >= 0.3 is 6.61 Å². The molecule has 1 aliphatic rings. The molecule has 0 unspecified atom stereocenters. The van der Waals surface area contributed by atoms with Crippen LogP contribution < -0.4 is 20.5 Å². The first-order chi connectivity index (χ1) is 9.94. The van der Waals surface area contributed by atoms with Crippen molar-refractivity contribution in [1.82, 2.24) is 5.32 Å². The van der Waals surface area contributed by atoms with E-state index >= 15 is 0 Å². The highest BCUT2D eigenvalue weighted by molar-refractivity contribution is 5.88. The lowest BCUT2D eigenvalue weighted by atomic mass is 10.1. The fourth-order valence-electron chi connectivity index (χ4n) is 1.92. The Morgan fingerprint density at radius 3 is 2.71 bits per heavy atom. The maximum Gasteiger partial charge on any atom is 0.387 e. The van der Waals surface area contributed by atoms with Crippen LogP contribution in [0.5, 0.6) is 11.5 Å². The molecule has 0 spiro atoms. The summed E-state index contributed by atoms with van der Waals surface area (Å²) in [6.45, 7) is -2.53. The lowest BCUT2D eigenvalue weighted by Crippen LogP contribution is -2.43. The number of alkyl halides is 2. The van der Waals surface area contributed by atoms with Crippen molar-refractivity contribution in [1.29, 1.82) is 0 Å². The molecule has 116 valence electrons. The number of carbonyl (C=O) groups excluding carboxylic acids is 1. The van der Waals surface area contributed by atoms with Crippen molar-refractivity contribution in [2.45, 2.75) is 31.4 Å². The van der Waals surface area contributed by atoms with E-state index in [0.717, 1.165) is 5.56 Å². The maximum absolute atomic E-state index is 12.3. The largest absolute Gasteiger partial charge is 0.493 e. The number of ether oxygens (including phenoxy) is 2.